The van der Waals surface area contributed by atoms with Crippen molar-refractivity contribution in [3.05, 3.63) is 66.2 Å². The molecule has 1 aliphatic heterocycles. The number of aromatic nitrogens is 1. The number of nitrogens with zero attached hydrogens (tertiary/aromatic N) is 2. The highest BCUT2D eigenvalue weighted by Crippen LogP contribution is 2.21. The average Bonchev–Trinajstić information content (AvgIpc) is 3.18. The van der Waals surface area contributed by atoms with Gasteiger partial charge in [0.2, 0.25) is 11.8 Å². The van der Waals surface area contributed by atoms with Crippen LogP contribution in [0.5, 0.6) is 11.6 Å². The molecule has 0 radical (unpaired) electrons. The monoisotopic (exact) mass is 376 g/mol. The summed E-state index contributed by atoms with van der Waals surface area (Å²) < 4.78 is 11.5. The van der Waals surface area contributed by atoms with Gasteiger partial charge in [-0.15, -0.1) is 0 Å². The fourth-order valence-electron chi connectivity index (χ4n) is 3.49. The Morgan fingerprint density at radius 2 is 1.93 bits per heavy atom. The number of rotatable bonds is 6. The van der Waals surface area contributed by atoms with Crippen molar-refractivity contribution < 1.29 is 14.3 Å². The molecule has 144 valence electrons. The number of amides is 1. The second kappa shape index (κ2) is 8.30. The number of benzene rings is 2. The molecule has 1 atom stereocenters. The minimum Gasteiger partial charge on any atom is -0.494 e. The number of hydrogen-bond donors (Lipinski definition) is 0. The van der Waals surface area contributed by atoms with Crippen molar-refractivity contribution in [2.45, 2.75) is 25.9 Å². The summed E-state index contributed by atoms with van der Waals surface area (Å²) in [5, 5.41) is 1.09. The topological polar surface area (TPSA) is 51.7 Å². The summed E-state index contributed by atoms with van der Waals surface area (Å²) >= 11 is 0. The van der Waals surface area contributed by atoms with Crippen LogP contribution in [-0.2, 0) is 11.2 Å². The number of carbonyl (C=O) groups excluding carboxylic acids is 1. The summed E-state index contributed by atoms with van der Waals surface area (Å²) in [5.74, 6) is 1.57. The molecule has 3 aromatic rings. The smallest absolute Gasteiger partial charge is 0.227 e. The Labute approximate surface area is 164 Å². The van der Waals surface area contributed by atoms with E-state index in [0.717, 1.165) is 28.6 Å². The maximum atomic E-state index is 12.6. The predicted octanol–water partition coefficient (Wildman–Crippen LogP) is 3.86. The molecule has 0 spiro atoms. The number of likely N-dealkylation sites (tertiary alicyclic amines) is 1. The molecular formula is C23H24N2O3. The zero-order valence-corrected chi connectivity index (χ0v) is 16.0. The number of para-hydroxylation sites is 1. The first-order valence-corrected chi connectivity index (χ1v) is 9.73. The summed E-state index contributed by atoms with van der Waals surface area (Å²) in [6.45, 7) is 3.91. The predicted molar refractivity (Wildman–Crippen MR) is 109 cm³/mol. The molecule has 1 saturated heterocycles. The molecule has 0 aliphatic carbocycles. The summed E-state index contributed by atoms with van der Waals surface area (Å²) in [5.41, 5.74) is 1.91. The van der Waals surface area contributed by atoms with Crippen molar-refractivity contribution in [3.8, 4) is 11.6 Å². The van der Waals surface area contributed by atoms with Crippen LogP contribution in [0, 0.1) is 0 Å². The van der Waals surface area contributed by atoms with Gasteiger partial charge in [0.05, 0.1) is 25.1 Å². The number of fused-ring (bicyclic) bond motifs is 1. The van der Waals surface area contributed by atoms with Gasteiger partial charge in [-0.2, -0.15) is 0 Å². The van der Waals surface area contributed by atoms with E-state index in [-0.39, 0.29) is 12.0 Å². The van der Waals surface area contributed by atoms with Gasteiger partial charge in [0.15, 0.2) is 0 Å². The van der Waals surface area contributed by atoms with Crippen LogP contribution < -0.4 is 9.47 Å². The zero-order chi connectivity index (χ0) is 19.3. The molecule has 1 aromatic heterocycles. The second-order valence-electron chi connectivity index (χ2n) is 6.96. The van der Waals surface area contributed by atoms with Crippen LogP contribution in [0.1, 0.15) is 18.9 Å². The third-order valence-electron chi connectivity index (χ3n) is 4.95. The van der Waals surface area contributed by atoms with E-state index in [4.69, 9.17) is 9.47 Å². The Kier molecular flexibility index (Phi) is 5.42. The van der Waals surface area contributed by atoms with E-state index < -0.39 is 0 Å². The van der Waals surface area contributed by atoms with Crippen LogP contribution in [0.25, 0.3) is 10.9 Å². The first-order chi connectivity index (χ1) is 13.7. The van der Waals surface area contributed by atoms with Gasteiger partial charge in [-0.3, -0.25) is 4.79 Å². The van der Waals surface area contributed by atoms with Crippen LogP contribution in [-0.4, -0.2) is 41.6 Å². The maximum absolute atomic E-state index is 12.6. The highest BCUT2D eigenvalue weighted by atomic mass is 16.5. The standard InChI is InChI=1S/C23H24N2O3/c1-2-27-19-10-7-17(8-11-19)15-23(26)25-14-13-20(16-25)28-22-12-9-18-5-3-4-6-21(18)24-22/h3-12,20H,2,13-16H2,1H3. The van der Waals surface area contributed by atoms with Gasteiger partial charge < -0.3 is 14.4 Å². The molecule has 1 unspecified atom stereocenters. The summed E-state index contributed by atoms with van der Waals surface area (Å²) in [6.07, 6.45) is 1.20. The Bertz CT molecular complexity index is 955. The van der Waals surface area contributed by atoms with E-state index in [0.29, 0.717) is 32.0 Å². The van der Waals surface area contributed by atoms with Gasteiger partial charge in [-0.25, -0.2) is 4.98 Å². The molecule has 5 nitrogen and oxygen atoms in total. The van der Waals surface area contributed by atoms with E-state index in [9.17, 15) is 4.79 Å². The lowest BCUT2D eigenvalue weighted by molar-refractivity contribution is -0.129. The summed E-state index contributed by atoms with van der Waals surface area (Å²) in [4.78, 5) is 19.1. The minimum absolute atomic E-state index is 0.0158. The molecule has 0 bridgehead atoms. The highest BCUT2D eigenvalue weighted by Gasteiger charge is 2.27. The van der Waals surface area contributed by atoms with Gasteiger partial charge in [0, 0.05) is 24.4 Å². The molecule has 0 saturated carbocycles. The van der Waals surface area contributed by atoms with Crippen LogP contribution in [0.15, 0.2) is 60.7 Å². The lowest BCUT2D eigenvalue weighted by Gasteiger charge is -2.17. The molecule has 1 amide bonds. The Hall–Kier alpha value is -3.08. The van der Waals surface area contributed by atoms with Gasteiger partial charge in [-0.1, -0.05) is 30.3 Å². The quantitative estimate of drug-likeness (QED) is 0.656. The number of carbonyl (C=O) groups is 1. The van der Waals surface area contributed by atoms with Crippen LogP contribution in [0.4, 0.5) is 0 Å². The SMILES string of the molecule is CCOc1ccc(CC(=O)N2CCC(Oc3ccc4ccccc4n3)C2)cc1. The normalized spacial score (nSPS) is 16.3. The Morgan fingerprint density at radius 3 is 2.75 bits per heavy atom. The number of hydrogen-bond acceptors (Lipinski definition) is 4. The van der Waals surface area contributed by atoms with Crippen LogP contribution >= 0.6 is 0 Å². The molecule has 5 heteroatoms. The van der Waals surface area contributed by atoms with Gasteiger partial charge in [0.1, 0.15) is 11.9 Å². The largest absolute Gasteiger partial charge is 0.494 e. The summed E-state index contributed by atoms with van der Waals surface area (Å²) in [7, 11) is 0. The Balaban J connectivity index is 1.33. The maximum Gasteiger partial charge on any atom is 0.227 e. The van der Waals surface area contributed by atoms with E-state index >= 15 is 0 Å². The molecule has 28 heavy (non-hydrogen) atoms. The third kappa shape index (κ3) is 4.25. The van der Waals surface area contributed by atoms with Crippen molar-refractivity contribution in [2.75, 3.05) is 19.7 Å². The van der Waals surface area contributed by atoms with E-state index in [2.05, 4.69) is 4.98 Å². The molecular weight excluding hydrogens is 352 g/mol. The van der Waals surface area contributed by atoms with Crippen molar-refractivity contribution in [2.24, 2.45) is 0 Å². The summed E-state index contributed by atoms with van der Waals surface area (Å²) in [6, 6.07) is 19.6. The van der Waals surface area contributed by atoms with Crippen molar-refractivity contribution in [1.29, 1.82) is 0 Å². The molecule has 4 rings (SSSR count). The lowest BCUT2D eigenvalue weighted by Crippen LogP contribution is -2.32. The van der Waals surface area contributed by atoms with E-state index in [1.54, 1.807) is 0 Å². The number of ether oxygens (including phenoxy) is 2. The second-order valence-corrected chi connectivity index (χ2v) is 6.96. The molecule has 2 heterocycles. The van der Waals surface area contributed by atoms with Gasteiger partial charge >= 0.3 is 0 Å². The van der Waals surface area contributed by atoms with E-state index in [1.807, 2.05) is 72.5 Å². The van der Waals surface area contributed by atoms with Crippen molar-refractivity contribution >= 4 is 16.8 Å². The Morgan fingerprint density at radius 1 is 1.11 bits per heavy atom. The van der Waals surface area contributed by atoms with Gasteiger partial charge in [0.25, 0.3) is 0 Å². The molecule has 0 N–H and O–H groups in total. The first-order valence-electron chi connectivity index (χ1n) is 9.73. The van der Waals surface area contributed by atoms with Gasteiger partial charge in [-0.05, 0) is 36.8 Å². The third-order valence-corrected chi connectivity index (χ3v) is 4.95. The number of pyridine rings is 1. The fraction of sp³-hybridized carbons (Fsp3) is 0.304. The highest BCUT2D eigenvalue weighted by molar-refractivity contribution is 5.79. The minimum atomic E-state index is -0.0158. The first kappa shape index (κ1) is 18.3. The molecule has 2 aromatic carbocycles. The molecule has 1 fully saturated rings. The van der Waals surface area contributed by atoms with Crippen LogP contribution in [0.3, 0.4) is 0 Å². The van der Waals surface area contributed by atoms with Crippen molar-refractivity contribution in [3.63, 3.8) is 0 Å². The van der Waals surface area contributed by atoms with Crippen LogP contribution in [0.2, 0.25) is 0 Å². The zero-order valence-electron chi connectivity index (χ0n) is 16.0. The van der Waals surface area contributed by atoms with Crippen molar-refractivity contribution in [1.82, 2.24) is 9.88 Å². The average molecular weight is 376 g/mol. The lowest BCUT2D eigenvalue weighted by atomic mass is 10.1. The van der Waals surface area contributed by atoms with E-state index in [1.165, 1.54) is 0 Å². The fourth-order valence-corrected chi connectivity index (χ4v) is 3.49. The molecule has 1 aliphatic rings.